The van der Waals surface area contributed by atoms with Crippen LogP contribution in [0.3, 0.4) is 0 Å². The molecule has 0 bridgehead atoms. The standard InChI is InChI=1S/C16H22O5/c1-2-16(17)21-13-12-19-9-8-18-10-11-20-14-15-6-4-3-5-7-15/h2-7H,1,8-14H2. The lowest BCUT2D eigenvalue weighted by Gasteiger charge is -2.07. The number of carbonyl (C=O) groups is 1. The summed E-state index contributed by atoms with van der Waals surface area (Å²) in [7, 11) is 0. The first-order chi connectivity index (χ1) is 10.3. The second-order valence-corrected chi connectivity index (χ2v) is 4.13. The fourth-order valence-corrected chi connectivity index (χ4v) is 1.46. The third-order valence-corrected chi connectivity index (χ3v) is 2.49. The molecular weight excluding hydrogens is 272 g/mol. The van der Waals surface area contributed by atoms with E-state index >= 15 is 0 Å². The summed E-state index contributed by atoms with van der Waals surface area (Å²) in [5, 5.41) is 0. The van der Waals surface area contributed by atoms with E-state index in [1.54, 1.807) is 0 Å². The zero-order valence-electron chi connectivity index (χ0n) is 12.2. The van der Waals surface area contributed by atoms with Gasteiger partial charge in [-0.2, -0.15) is 0 Å². The molecule has 0 unspecified atom stereocenters. The van der Waals surface area contributed by atoms with E-state index in [-0.39, 0.29) is 6.61 Å². The predicted octanol–water partition coefficient (Wildman–Crippen LogP) is 1.97. The predicted molar refractivity (Wildman–Crippen MR) is 78.9 cm³/mol. The van der Waals surface area contributed by atoms with Crippen LogP contribution in [0.25, 0.3) is 0 Å². The third kappa shape index (κ3) is 9.79. The van der Waals surface area contributed by atoms with Crippen LogP contribution in [-0.4, -0.2) is 45.6 Å². The van der Waals surface area contributed by atoms with Crippen molar-refractivity contribution in [3.05, 3.63) is 48.6 Å². The van der Waals surface area contributed by atoms with E-state index in [0.29, 0.717) is 39.6 Å². The molecule has 0 fully saturated rings. The third-order valence-electron chi connectivity index (χ3n) is 2.49. The number of hydrogen-bond acceptors (Lipinski definition) is 5. The summed E-state index contributed by atoms with van der Waals surface area (Å²) in [6, 6.07) is 9.99. The van der Waals surface area contributed by atoms with Crippen molar-refractivity contribution in [2.75, 3.05) is 39.6 Å². The first-order valence-electron chi connectivity index (χ1n) is 6.89. The molecule has 0 amide bonds. The van der Waals surface area contributed by atoms with Gasteiger partial charge in [-0.15, -0.1) is 0 Å². The molecule has 0 N–H and O–H groups in total. The maximum Gasteiger partial charge on any atom is 0.330 e. The van der Waals surface area contributed by atoms with Gasteiger partial charge in [0.25, 0.3) is 0 Å². The highest BCUT2D eigenvalue weighted by Gasteiger charge is 1.96. The Balaban J connectivity index is 1.80. The number of carbonyl (C=O) groups excluding carboxylic acids is 1. The lowest BCUT2D eigenvalue weighted by Crippen LogP contribution is -2.13. The van der Waals surface area contributed by atoms with E-state index in [1.165, 1.54) is 0 Å². The van der Waals surface area contributed by atoms with Crippen molar-refractivity contribution in [1.29, 1.82) is 0 Å². The molecule has 0 aliphatic heterocycles. The summed E-state index contributed by atoms with van der Waals surface area (Å²) in [5.41, 5.74) is 1.15. The Morgan fingerprint density at radius 2 is 1.48 bits per heavy atom. The van der Waals surface area contributed by atoms with Crippen molar-refractivity contribution >= 4 is 5.97 Å². The Hall–Kier alpha value is -1.69. The van der Waals surface area contributed by atoms with Gasteiger partial charge in [-0.25, -0.2) is 4.79 Å². The molecule has 0 atom stereocenters. The molecule has 0 spiro atoms. The van der Waals surface area contributed by atoms with Gasteiger partial charge < -0.3 is 18.9 Å². The van der Waals surface area contributed by atoms with Gasteiger partial charge in [0.15, 0.2) is 0 Å². The van der Waals surface area contributed by atoms with Crippen LogP contribution in [-0.2, 0) is 30.3 Å². The van der Waals surface area contributed by atoms with Crippen LogP contribution in [0.5, 0.6) is 0 Å². The molecule has 1 aromatic carbocycles. The van der Waals surface area contributed by atoms with E-state index in [4.69, 9.17) is 18.9 Å². The number of esters is 1. The van der Waals surface area contributed by atoms with Crippen LogP contribution < -0.4 is 0 Å². The lowest BCUT2D eigenvalue weighted by atomic mass is 10.2. The first kappa shape index (κ1) is 17.4. The fourth-order valence-electron chi connectivity index (χ4n) is 1.46. The maximum absolute atomic E-state index is 10.7. The molecule has 0 aliphatic carbocycles. The molecule has 1 rings (SSSR count). The van der Waals surface area contributed by atoms with Gasteiger partial charge in [0.1, 0.15) is 6.61 Å². The van der Waals surface area contributed by atoms with Crippen molar-refractivity contribution in [2.24, 2.45) is 0 Å². The average molecular weight is 294 g/mol. The second-order valence-electron chi connectivity index (χ2n) is 4.13. The van der Waals surface area contributed by atoms with Gasteiger partial charge >= 0.3 is 5.97 Å². The van der Waals surface area contributed by atoms with Gasteiger partial charge in [0, 0.05) is 6.08 Å². The molecule has 1 aromatic rings. The van der Waals surface area contributed by atoms with Gasteiger partial charge in [-0.05, 0) is 5.56 Å². The largest absolute Gasteiger partial charge is 0.460 e. The van der Waals surface area contributed by atoms with Gasteiger partial charge in [-0.1, -0.05) is 36.9 Å². The minimum Gasteiger partial charge on any atom is -0.460 e. The van der Waals surface area contributed by atoms with Crippen LogP contribution in [0.2, 0.25) is 0 Å². The van der Waals surface area contributed by atoms with Crippen LogP contribution in [0.15, 0.2) is 43.0 Å². The molecule has 5 heteroatoms. The SMILES string of the molecule is C=CC(=O)OCCOCCOCCOCc1ccccc1. The molecule has 0 radical (unpaired) electrons. The Labute approximate surface area is 125 Å². The minimum absolute atomic E-state index is 0.227. The van der Waals surface area contributed by atoms with Gasteiger partial charge in [-0.3, -0.25) is 0 Å². The molecule has 5 nitrogen and oxygen atoms in total. The summed E-state index contributed by atoms with van der Waals surface area (Å²) < 4.78 is 20.8. The molecule has 0 aromatic heterocycles. The molecular formula is C16H22O5. The maximum atomic E-state index is 10.7. The summed E-state index contributed by atoms with van der Waals surface area (Å²) in [6.07, 6.45) is 1.12. The smallest absolute Gasteiger partial charge is 0.330 e. The highest BCUT2D eigenvalue weighted by molar-refractivity contribution is 5.81. The summed E-state index contributed by atoms with van der Waals surface area (Å²) in [5.74, 6) is -0.439. The number of rotatable bonds is 12. The fraction of sp³-hybridized carbons (Fsp3) is 0.438. The zero-order chi connectivity index (χ0) is 15.2. The van der Waals surface area contributed by atoms with E-state index in [9.17, 15) is 4.79 Å². The van der Waals surface area contributed by atoms with E-state index < -0.39 is 5.97 Å². The first-order valence-corrected chi connectivity index (χ1v) is 6.89. The summed E-state index contributed by atoms with van der Waals surface area (Å²) >= 11 is 0. The molecule has 0 saturated carbocycles. The minimum atomic E-state index is -0.439. The van der Waals surface area contributed by atoms with Crippen molar-refractivity contribution < 1.29 is 23.7 Å². The summed E-state index contributed by atoms with van der Waals surface area (Å²) in [4.78, 5) is 10.7. The highest BCUT2D eigenvalue weighted by Crippen LogP contribution is 1.99. The molecule has 0 saturated heterocycles. The van der Waals surface area contributed by atoms with Crippen LogP contribution in [0.1, 0.15) is 5.56 Å². The van der Waals surface area contributed by atoms with Crippen molar-refractivity contribution in [3.8, 4) is 0 Å². The monoisotopic (exact) mass is 294 g/mol. The molecule has 21 heavy (non-hydrogen) atoms. The lowest BCUT2D eigenvalue weighted by molar-refractivity contribution is -0.139. The topological polar surface area (TPSA) is 54.0 Å². The van der Waals surface area contributed by atoms with Gasteiger partial charge in [0.05, 0.1) is 39.6 Å². The Morgan fingerprint density at radius 1 is 0.905 bits per heavy atom. The van der Waals surface area contributed by atoms with Gasteiger partial charge in [0.2, 0.25) is 0 Å². The second kappa shape index (κ2) is 12.1. The molecule has 0 heterocycles. The Bertz CT molecular complexity index is 391. The molecule has 0 aliphatic rings. The van der Waals surface area contributed by atoms with Crippen LogP contribution in [0, 0.1) is 0 Å². The number of ether oxygens (including phenoxy) is 4. The number of benzene rings is 1. The summed E-state index contributed by atoms with van der Waals surface area (Å²) in [6.45, 7) is 6.50. The van der Waals surface area contributed by atoms with Crippen molar-refractivity contribution in [2.45, 2.75) is 6.61 Å². The highest BCUT2D eigenvalue weighted by atomic mass is 16.6. The Kier molecular flexibility index (Phi) is 9.99. The normalized spacial score (nSPS) is 10.3. The van der Waals surface area contributed by atoms with Crippen molar-refractivity contribution in [1.82, 2.24) is 0 Å². The average Bonchev–Trinajstić information content (AvgIpc) is 2.53. The van der Waals surface area contributed by atoms with E-state index in [1.807, 2.05) is 30.3 Å². The molecule has 116 valence electrons. The van der Waals surface area contributed by atoms with E-state index in [2.05, 4.69) is 6.58 Å². The van der Waals surface area contributed by atoms with Crippen molar-refractivity contribution in [3.63, 3.8) is 0 Å². The zero-order valence-corrected chi connectivity index (χ0v) is 12.2. The number of hydrogen-bond donors (Lipinski definition) is 0. The quantitative estimate of drug-likeness (QED) is 0.335. The van der Waals surface area contributed by atoms with Crippen LogP contribution in [0.4, 0.5) is 0 Å². The Morgan fingerprint density at radius 3 is 2.10 bits per heavy atom. The van der Waals surface area contributed by atoms with Crippen LogP contribution >= 0.6 is 0 Å². The van der Waals surface area contributed by atoms with E-state index in [0.717, 1.165) is 11.6 Å².